The van der Waals surface area contributed by atoms with Crippen LogP contribution in [-0.2, 0) is 11.2 Å². The zero-order chi connectivity index (χ0) is 18.0. The van der Waals surface area contributed by atoms with Crippen LogP contribution in [-0.4, -0.2) is 71.5 Å². The summed E-state index contributed by atoms with van der Waals surface area (Å²) in [7, 11) is 4.13. The molecule has 0 aromatic carbocycles. The Hall–Kier alpha value is -1.69. The summed E-state index contributed by atoms with van der Waals surface area (Å²) in [5, 5.41) is 0. The van der Waals surface area contributed by atoms with E-state index >= 15 is 0 Å². The Bertz CT molecular complexity index is 634. The third-order valence-corrected chi connectivity index (χ3v) is 5.85. The van der Waals surface area contributed by atoms with Crippen LogP contribution in [0.4, 0.5) is 5.82 Å². The molecular weight excluding hydrogens is 314 g/mol. The molecule has 0 saturated carbocycles. The summed E-state index contributed by atoms with van der Waals surface area (Å²) in [5.74, 6) is 2.17. The number of amides is 1. The Morgan fingerprint density at radius 3 is 2.72 bits per heavy atom. The molecule has 0 aliphatic carbocycles. The van der Waals surface area contributed by atoms with Crippen molar-refractivity contribution < 1.29 is 4.79 Å². The lowest BCUT2D eigenvalue weighted by Gasteiger charge is -2.49. The largest absolute Gasteiger partial charge is 0.353 e. The van der Waals surface area contributed by atoms with Crippen LogP contribution in [0.2, 0.25) is 0 Å². The summed E-state index contributed by atoms with van der Waals surface area (Å²) in [6, 6.07) is 2.16. The second-order valence-electron chi connectivity index (χ2n) is 7.65. The number of aromatic nitrogens is 2. The average Bonchev–Trinajstić information content (AvgIpc) is 2.72. The molecule has 3 rings (SSSR count). The third kappa shape index (κ3) is 3.78. The number of piperazine rings is 1. The standard InChI is InChI=1S/C19H31N5O/c1-5-6-16-13-17(21-15(2)20-16)24-12-11-23(4)19(14-24)8-7-18(25)22(3)10-9-19/h13H,5-12,14H2,1-4H3. The molecule has 1 spiro atoms. The molecule has 3 heterocycles. The van der Waals surface area contributed by atoms with E-state index < -0.39 is 0 Å². The predicted molar refractivity (Wildman–Crippen MR) is 99.8 cm³/mol. The number of likely N-dealkylation sites (tertiary alicyclic amines) is 1. The minimum atomic E-state index is 0.0580. The van der Waals surface area contributed by atoms with Crippen LogP contribution in [0.1, 0.15) is 44.1 Å². The van der Waals surface area contributed by atoms with Gasteiger partial charge in [-0.25, -0.2) is 9.97 Å². The van der Waals surface area contributed by atoms with Gasteiger partial charge in [0.25, 0.3) is 0 Å². The zero-order valence-corrected chi connectivity index (χ0v) is 16.1. The van der Waals surface area contributed by atoms with Gasteiger partial charge in [0.15, 0.2) is 0 Å². The van der Waals surface area contributed by atoms with Gasteiger partial charge in [0.2, 0.25) is 5.91 Å². The highest BCUT2D eigenvalue weighted by molar-refractivity contribution is 5.76. The minimum Gasteiger partial charge on any atom is -0.353 e. The fraction of sp³-hybridized carbons (Fsp3) is 0.737. The lowest BCUT2D eigenvalue weighted by molar-refractivity contribution is -0.129. The summed E-state index contributed by atoms with van der Waals surface area (Å²) in [6.07, 6.45) is 4.67. The summed E-state index contributed by atoms with van der Waals surface area (Å²) < 4.78 is 0. The van der Waals surface area contributed by atoms with Gasteiger partial charge < -0.3 is 9.80 Å². The second kappa shape index (κ2) is 7.28. The molecule has 2 aliphatic rings. The summed E-state index contributed by atoms with van der Waals surface area (Å²) in [5.41, 5.74) is 1.19. The molecular formula is C19H31N5O. The molecule has 6 heteroatoms. The van der Waals surface area contributed by atoms with Gasteiger partial charge in [-0.2, -0.15) is 0 Å². The number of rotatable bonds is 3. The molecule has 0 bridgehead atoms. The Balaban J connectivity index is 1.84. The van der Waals surface area contributed by atoms with Crippen molar-refractivity contribution in [2.75, 3.05) is 45.2 Å². The average molecular weight is 345 g/mol. The number of carbonyl (C=O) groups is 1. The van der Waals surface area contributed by atoms with E-state index in [2.05, 4.69) is 34.8 Å². The van der Waals surface area contributed by atoms with Crippen LogP contribution in [0.3, 0.4) is 0 Å². The van der Waals surface area contributed by atoms with Crippen molar-refractivity contribution in [2.24, 2.45) is 0 Å². The fourth-order valence-corrected chi connectivity index (χ4v) is 4.11. The van der Waals surface area contributed by atoms with Gasteiger partial charge >= 0.3 is 0 Å². The van der Waals surface area contributed by atoms with E-state index in [1.54, 1.807) is 0 Å². The Morgan fingerprint density at radius 1 is 1.16 bits per heavy atom. The quantitative estimate of drug-likeness (QED) is 0.837. The molecule has 2 aliphatic heterocycles. The van der Waals surface area contributed by atoms with E-state index in [4.69, 9.17) is 4.98 Å². The summed E-state index contributed by atoms with van der Waals surface area (Å²) in [4.78, 5) is 28.2. The number of carbonyl (C=O) groups excluding carboxylic acids is 1. The van der Waals surface area contributed by atoms with Crippen molar-refractivity contribution in [3.05, 3.63) is 17.6 Å². The molecule has 1 amide bonds. The van der Waals surface area contributed by atoms with Gasteiger partial charge in [-0.15, -0.1) is 0 Å². The van der Waals surface area contributed by atoms with Crippen LogP contribution < -0.4 is 4.90 Å². The SMILES string of the molecule is CCCc1cc(N2CCN(C)C3(CCC(=O)N(C)CC3)C2)nc(C)n1. The predicted octanol–water partition coefficient (Wildman–Crippen LogP) is 1.87. The van der Waals surface area contributed by atoms with E-state index in [0.29, 0.717) is 6.42 Å². The van der Waals surface area contributed by atoms with Crippen molar-refractivity contribution in [2.45, 2.75) is 51.5 Å². The molecule has 0 N–H and O–H groups in total. The van der Waals surface area contributed by atoms with Gasteiger partial charge in [-0.3, -0.25) is 9.69 Å². The topological polar surface area (TPSA) is 52.6 Å². The van der Waals surface area contributed by atoms with Crippen LogP contribution in [0.25, 0.3) is 0 Å². The lowest BCUT2D eigenvalue weighted by Crippen LogP contribution is -2.61. The van der Waals surface area contributed by atoms with E-state index in [9.17, 15) is 4.79 Å². The molecule has 1 aromatic rings. The second-order valence-corrected chi connectivity index (χ2v) is 7.65. The maximum Gasteiger partial charge on any atom is 0.222 e. The van der Waals surface area contributed by atoms with Crippen molar-refractivity contribution in [1.29, 1.82) is 0 Å². The Labute approximate surface area is 151 Å². The van der Waals surface area contributed by atoms with E-state index in [1.165, 1.54) is 0 Å². The molecule has 1 unspecified atom stereocenters. The molecule has 2 fully saturated rings. The molecule has 25 heavy (non-hydrogen) atoms. The Morgan fingerprint density at radius 2 is 1.96 bits per heavy atom. The van der Waals surface area contributed by atoms with Gasteiger partial charge in [0.1, 0.15) is 11.6 Å². The van der Waals surface area contributed by atoms with Gasteiger partial charge in [-0.05, 0) is 33.2 Å². The molecule has 6 nitrogen and oxygen atoms in total. The first kappa shape index (κ1) is 18.1. The van der Waals surface area contributed by atoms with Crippen molar-refractivity contribution in [3.8, 4) is 0 Å². The van der Waals surface area contributed by atoms with Crippen LogP contribution in [0.15, 0.2) is 6.07 Å². The lowest BCUT2D eigenvalue weighted by atomic mass is 9.86. The number of aryl methyl sites for hydroxylation is 2. The van der Waals surface area contributed by atoms with E-state index in [-0.39, 0.29) is 11.4 Å². The highest BCUT2D eigenvalue weighted by atomic mass is 16.2. The van der Waals surface area contributed by atoms with E-state index in [1.807, 2.05) is 18.9 Å². The monoisotopic (exact) mass is 345 g/mol. The third-order valence-electron chi connectivity index (χ3n) is 5.85. The maximum absolute atomic E-state index is 12.1. The van der Waals surface area contributed by atoms with Crippen LogP contribution >= 0.6 is 0 Å². The maximum atomic E-state index is 12.1. The number of anilines is 1. The van der Waals surface area contributed by atoms with Gasteiger partial charge in [0, 0.05) is 56.9 Å². The highest BCUT2D eigenvalue weighted by Gasteiger charge is 2.42. The van der Waals surface area contributed by atoms with Crippen molar-refractivity contribution >= 4 is 11.7 Å². The molecule has 0 radical (unpaired) electrons. The minimum absolute atomic E-state index is 0.0580. The number of hydrogen-bond acceptors (Lipinski definition) is 5. The van der Waals surface area contributed by atoms with Crippen LogP contribution in [0, 0.1) is 6.92 Å². The summed E-state index contributed by atoms with van der Waals surface area (Å²) >= 11 is 0. The van der Waals surface area contributed by atoms with Crippen molar-refractivity contribution in [1.82, 2.24) is 19.8 Å². The Kier molecular flexibility index (Phi) is 5.27. The number of likely N-dealkylation sites (N-methyl/N-ethyl adjacent to an activating group) is 1. The van der Waals surface area contributed by atoms with Gasteiger partial charge in [0.05, 0.1) is 0 Å². The molecule has 1 atom stereocenters. The first-order valence-electron chi connectivity index (χ1n) is 9.48. The first-order valence-corrected chi connectivity index (χ1v) is 9.48. The zero-order valence-electron chi connectivity index (χ0n) is 16.1. The highest BCUT2D eigenvalue weighted by Crippen LogP contribution is 2.33. The molecule has 1 aromatic heterocycles. The smallest absolute Gasteiger partial charge is 0.222 e. The number of hydrogen-bond donors (Lipinski definition) is 0. The first-order chi connectivity index (χ1) is 11.9. The molecule has 2 saturated heterocycles. The van der Waals surface area contributed by atoms with Crippen LogP contribution in [0.5, 0.6) is 0 Å². The fourth-order valence-electron chi connectivity index (χ4n) is 4.11. The normalized spacial score (nSPS) is 25.5. The van der Waals surface area contributed by atoms with Crippen molar-refractivity contribution in [3.63, 3.8) is 0 Å². The molecule has 138 valence electrons. The summed E-state index contributed by atoms with van der Waals surface area (Å²) in [6.45, 7) is 7.91. The van der Waals surface area contributed by atoms with E-state index in [0.717, 1.165) is 69.2 Å². The van der Waals surface area contributed by atoms with Gasteiger partial charge in [-0.1, -0.05) is 13.3 Å². The number of nitrogens with zero attached hydrogens (tertiary/aromatic N) is 5.